The quantitative estimate of drug-likeness (QED) is 0.115. The molecule has 1 saturated carbocycles. The number of aliphatic hydroxyl groups excluding tert-OH is 2. The maximum atomic E-state index is 14.3. The standard InChI is InChI=1S/C48H52N10O5S/c1-26(2)44(47(62)57-24-34(59)17-41(57)46(61)52-27(3)29-9-11-30(12-10-29)45-28(4)51-25-64-45)43-20-36(55-63-43)32-21-49-48(50-22-32)56-16-15-31(23-56)39-19-38-40(58(39)33-13-14-33)18-37(53-54-38)35-7-5-6-8-42(35)60/h5-7,9-12,18-22,25-27,31,33-34,41-42,44,59-60H,8,13-17,23-24H2,1-4H3,(H,52,61)/t27-,31+,34+,41-,42?,44?/m0/s1. The van der Waals surface area contributed by atoms with E-state index >= 15 is 0 Å². The molecule has 6 aromatic rings. The van der Waals surface area contributed by atoms with E-state index in [0.29, 0.717) is 35.4 Å². The maximum absolute atomic E-state index is 14.3. The average molecular weight is 881 g/mol. The van der Waals surface area contributed by atoms with Gasteiger partial charge in [0.05, 0.1) is 45.5 Å². The van der Waals surface area contributed by atoms with Crippen LogP contribution >= 0.6 is 11.3 Å². The third-order valence-corrected chi connectivity index (χ3v) is 14.2. The zero-order chi connectivity index (χ0) is 44.2. The number of hydrogen-bond acceptors (Lipinski definition) is 13. The second-order valence-corrected chi connectivity index (χ2v) is 18.9. The van der Waals surface area contributed by atoms with Crippen LogP contribution in [0.2, 0.25) is 0 Å². The van der Waals surface area contributed by atoms with Gasteiger partial charge in [-0.15, -0.1) is 16.4 Å². The van der Waals surface area contributed by atoms with Gasteiger partial charge in [0.15, 0.2) is 0 Å². The van der Waals surface area contributed by atoms with Gasteiger partial charge in [0.2, 0.25) is 17.8 Å². The topological polar surface area (TPSA) is 189 Å². The van der Waals surface area contributed by atoms with Crippen LogP contribution in [0, 0.1) is 12.8 Å². The van der Waals surface area contributed by atoms with Crippen LogP contribution in [0.5, 0.6) is 0 Å². The minimum atomic E-state index is -0.839. The Bertz CT molecular complexity index is 2750. The number of hydrogen-bond donors (Lipinski definition) is 3. The number of aryl methyl sites for hydroxylation is 1. The summed E-state index contributed by atoms with van der Waals surface area (Å²) in [6.07, 6.45) is 11.8. The summed E-state index contributed by atoms with van der Waals surface area (Å²) < 4.78 is 8.30. The van der Waals surface area contributed by atoms with Crippen LogP contribution in [0.25, 0.3) is 38.3 Å². The number of likely N-dealkylation sites (tertiary alicyclic amines) is 1. The number of nitrogens with one attached hydrogen (secondary N) is 1. The second kappa shape index (κ2) is 17.1. The summed E-state index contributed by atoms with van der Waals surface area (Å²) in [6, 6.07) is 13.3. The Morgan fingerprint density at radius 3 is 2.45 bits per heavy atom. The zero-order valence-corrected chi connectivity index (χ0v) is 37.2. The van der Waals surface area contributed by atoms with E-state index in [4.69, 9.17) is 14.5 Å². The van der Waals surface area contributed by atoms with Gasteiger partial charge in [-0.3, -0.25) is 9.59 Å². The first-order chi connectivity index (χ1) is 31.0. The zero-order valence-electron chi connectivity index (χ0n) is 36.3. The number of amides is 2. The maximum Gasteiger partial charge on any atom is 0.243 e. The Morgan fingerprint density at radius 1 is 0.938 bits per heavy atom. The second-order valence-electron chi connectivity index (χ2n) is 18.0. The lowest BCUT2D eigenvalue weighted by Crippen LogP contribution is -2.48. The number of benzene rings is 1. The van der Waals surface area contributed by atoms with Crippen LogP contribution in [-0.2, 0) is 9.59 Å². The highest BCUT2D eigenvalue weighted by Crippen LogP contribution is 2.44. The smallest absolute Gasteiger partial charge is 0.243 e. The molecule has 3 fully saturated rings. The fraction of sp³-hybridized carbons (Fsp3) is 0.417. The lowest BCUT2D eigenvalue weighted by atomic mass is 9.91. The van der Waals surface area contributed by atoms with E-state index in [0.717, 1.165) is 76.4 Å². The van der Waals surface area contributed by atoms with Crippen molar-refractivity contribution in [1.82, 2.24) is 45.1 Å². The molecule has 6 atom stereocenters. The number of fused-ring (bicyclic) bond motifs is 1. The molecule has 64 heavy (non-hydrogen) atoms. The van der Waals surface area contributed by atoms with Crippen molar-refractivity contribution >= 4 is 45.7 Å². The first-order valence-electron chi connectivity index (χ1n) is 22.3. The van der Waals surface area contributed by atoms with Crippen molar-refractivity contribution in [2.45, 2.75) is 102 Å². The van der Waals surface area contributed by atoms with Gasteiger partial charge in [0, 0.05) is 73.3 Å². The molecule has 0 radical (unpaired) electrons. The SMILES string of the molecule is Cc1ncsc1-c1ccc([C@H](C)NC(=O)[C@@H]2C[C@@H](O)CN2C(=O)C(c2cc(-c3cnc(N4CC[C@@H](c5cc6nnc(C7=CC=CCC7O)cc6n5C5CC5)C4)nc3)no2)C(C)C)cc1. The Kier molecular flexibility index (Phi) is 11.2. The van der Waals surface area contributed by atoms with Gasteiger partial charge >= 0.3 is 0 Å². The average Bonchev–Trinajstić information content (AvgIpc) is 3.81. The molecule has 3 N–H and O–H groups in total. The Hall–Kier alpha value is -6.10. The van der Waals surface area contributed by atoms with E-state index in [9.17, 15) is 19.8 Å². The van der Waals surface area contributed by atoms with Gasteiger partial charge in [-0.25, -0.2) is 15.0 Å². The minimum Gasteiger partial charge on any atom is -0.391 e. The molecule has 7 heterocycles. The number of allylic oxidation sites excluding steroid dienone is 2. The molecule has 0 bridgehead atoms. The molecule has 16 heteroatoms. The van der Waals surface area contributed by atoms with Crippen molar-refractivity contribution < 1.29 is 24.3 Å². The fourth-order valence-corrected chi connectivity index (χ4v) is 10.4. The number of β-amino-alcohol motifs (C(OH)–C–C–N with tert-alkyl or cyclic N) is 1. The highest BCUT2D eigenvalue weighted by atomic mass is 32.1. The summed E-state index contributed by atoms with van der Waals surface area (Å²) in [5.74, 6) is -0.283. The predicted molar refractivity (Wildman–Crippen MR) is 243 cm³/mol. The van der Waals surface area contributed by atoms with E-state index in [-0.39, 0.29) is 42.7 Å². The van der Waals surface area contributed by atoms with Crippen molar-refractivity contribution in [1.29, 1.82) is 0 Å². The van der Waals surface area contributed by atoms with E-state index < -0.39 is 24.2 Å². The van der Waals surface area contributed by atoms with Gasteiger partial charge in [0.1, 0.15) is 28.9 Å². The molecule has 4 aliphatic rings. The van der Waals surface area contributed by atoms with Crippen molar-refractivity contribution in [2.24, 2.45) is 5.92 Å². The van der Waals surface area contributed by atoms with Crippen LogP contribution < -0.4 is 10.2 Å². The van der Waals surface area contributed by atoms with Gasteiger partial charge in [-0.1, -0.05) is 61.5 Å². The number of anilines is 1. The lowest BCUT2D eigenvalue weighted by molar-refractivity contribution is -0.141. The lowest BCUT2D eigenvalue weighted by Gasteiger charge is -2.29. The van der Waals surface area contributed by atoms with Crippen molar-refractivity contribution in [3.05, 3.63) is 107 Å². The Labute approximate surface area is 374 Å². The Morgan fingerprint density at radius 2 is 1.73 bits per heavy atom. The summed E-state index contributed by atoms with van der Waals surface area (Å²) >= 11 is 1.59. The highest BCUT2D eigenvalue weighted by Gasteiger charge is 2.44. The molecule has 5 aromatic heterocycles. The van der Waals surface area contributed by atoms with Crippen LogP contribution in [0.15, 0.2) is 83.1 Å². The monoisotopic (exact) mass is 880 g/mol. The summed E-state index contributed by atoms with van der Waals surface area (Å²) in [5.41, 5.74) is 10.7. The van der Waals surface area contributed by atoms with Gasteiger partial charge in [0.25, 0.3) is 0 Å². The minimum absolute atomic E-state index is 0.0460. The van der Waals surface area contributed by atoms with Gasteiger partial charge < -0.3 is 34.4 Å². The van der Waals surface area contributed by atoms with Gasteiger partial charge in [-0.05, 0) is 68.7 Å². The van der Waals surface area contributed by atoms with Crippen LogP contribution in [-0.4, -0.2) is 99.7 Å². The predicted octanol–water partition coefficient (Wildman–Crippen LogP) is 6.92. The van der Waals surface area contributed by atoms with Crippen LogP contribution in [0.3, 0.4) is 0 Å². The molecule has 1 aromatic carbocycles. The van der Waals surface area contributed by atoms with Crippen molar-refractivity contribution in [2.75, 3.05) is 24.5 Å². The molecule has 2 amide bonds. The van der Waals surface area contributed by atoms with E-state index in [1.807, 2.05) is 75.7 Å². The molecule has 330 valence electrons. The molecular weight excluding hydrogens is 829 g/mol. The van der Waals surface area contributed by atoms with E-state index in [1.165, 1.54) is 10.6 Å². The highest BCUT2D eigenvalue weighted by molar-refractivity contribution is 7.13. The Balaban J connectivity index is 0.804. The number of nitrogens with zero attached hydrogens (tertiary/aromatic N) is 9. The number of rotatable bonds is 12. The molecule has 15 nitrogen and oxygen atoms in total. The first kappa shape index (κ1) is 41.9. The molecule has 10 rings (SSSR count). The molecule has 2 unspecified atom stereocenters. The number of aliphatic hydroxyl groups is 2. The van der Waals surface area contributed by atoms with E-state index in [2.05, 4.69) is 47.3 Å². The van der Waals surface area contributed by atoms with Crippen molar-refractivity contribution in [3.63, 3.8) is 0 Å². The molecule has 2 aliphatic heterocycles. The van der Waals surface area contributed by atoms with Gasteiger partial charge in [-0.2, -0.15) is 5.10 Å². The number of thiazole rings is 1. The normalized spacial score (nSPS) is 22.1. The molecule has 2 aliphatic carbocycles. The number of carbonyl (C=O) groups is 2. The van der Waals surface area contributed by atoms with Crippen molar-refractivity contribution in [3.8, 4) is 21.7 Å². The fourth-order valence-electron chi connectivity index (χ4n) is 9.59. The van der Waals surface area contributed by atoms with E-state index in [1.54, 1.807) is 29.8 Å². The summed E-state index contributed by atoms with van der Waals surface area (Å²) in [7, 11) is 0. The molecule has 0 spiro atoms. The number of carbonyl (C=O) groups excluding carboxylic acids is 2. The molecule has 2 saturated heterocycles. The van der Waals surface area contributed by atoms with Crippen LogP contribution in [0.4, 0.5) is 5.95 Å². The first-order valence-corrected chi connectivity index (χ1v) is 23.2. The summed E-state index contributed by atoms with van der Waals surface area (Å²) in [5, 5.41) is 37.9. The third-order valence-electron chi connectivity index (χ3n) is 13.2. The molecular formula is C48H52N10O5S. The van der Waals surface area contributed by atoms with Crippen LogP contribution in [0.1, 0.15) is 105 Å². The number of aromatic nitrogens is 7. The summed E-state index contributed by atoms with van der Waals surface area (Å²) in [6.45, 7) is 9.36. The largest absolute Gasteiger partial charge is 0.391 e. The summed E-state index contributed by atoms with van der Waals surface area (Å²) in [4.78, 5) is 46.8. The third kappa shape index (κ3) is 8.02.